The van der Waals surface area contributed by atoms with Crippen molar-refractivity contribution < 1.29 is 29.0 Å². The van der Waals surface area contributed by atoms with E-state index < -0.39 is 11.9 Å². The van der Waals surface area contributed by atoms with E-state index >= 15 is 0 Å². The van der Waals surface area contributed by atoms with E-state index in [1.165, 1.54) is 122 Å². The summed E-state index contributed by atoms with van der Waals surface area (Å²) >= 11 is 0. The fourth-order valence-corrected chi connectivity index (χ4v) is 5.38. The highest BCUT2D eigenvalue weighted by Crippen LogP contribution is 2.14. The fraction of sp³-hybridized carbons (Fsp3) is 0.917. The van der Waals surface area contributed by atoms with Crippen molar-refractivity contribution in [2.45, 2.75) is 181 Å². The third kappa shape index (κ3) is 31.6. The number of carbonyl (C=O) groups excluding carboxylic acids is 2. The lowest BCUT2D eigenvalue weighted by molar-refractivity contribution is -0.148. The van der Waals surface area contributed by atoms with Crippen molar-refractivity contribution >= 4 is 17.8 Å². The van der Waals surface area contributed by atoms with Crippen molar-refractivity contribution in [3.05, 3.63) is 0 Å². The SMILES string of the molecule is CCCCCCCCCCCCCCN(CCOCCOC(=O)CCC(=O)O)C(=O)CCCCCCCCCCCCC. The van der Waals surface area contributed by atoms with Gasteiger partial charge in [0.25, 0.3) is 0 Å². The number of unbranched alkanes of at least 4 members (excludes halogenated alkanes) is 21. The second kappa shape index (κ2) is 33.3. The Morgan fingerprint density at radius 3 is 1.40 bits per heavy atom. The average Bonchev–Trinajstić information content (AvgIpc) is 2.99. The monoisotopic (exact) mass is 612 g/mol. The molecule has 0 rings (SSSR count). The third-order valence-corrected chi connectivity index (χ3v) is 8.17. The van der Waals surface area contributed by atoms with E-state index in [0.717, 1.165) is 32.2 Å². The van der Waals surface area contributed by atoms with Crippen LogP contribution in [0.5, 0.6) is 0 Å². The maximum Gasteiger partial charge on any atom is 0.306 e. The Labute approximate surface area is 265 Å². The van der Waals surface area contributed by atoms with E-state index in [0.29, 0.717) is 19.6 Å². The molecule has 0 aliphatic rings. The zero-order valence-corrected chi connectivity index (χ0v) is 28.4. The molecular weight excluding hydrogens is 542 g/mol. The zero-order valence-electron chi connectivity index (χ0n) is 28.4. The Morgan fingerprint density at radius 2 is 0.930 bits per heavy atom. The van der Waals surface area contributed by atoms with E-state index in [1.807, 2.05) is 4.90 Å². The molecule has 43 heavy (non-hydrogen) atoms. The van der Waals surface area contributed by atoms with E-state index in [-0.39, 0.29) is 32.0 Å². The summed E-state index contributed by atoms with van der Waals surface area (Å²) in [5.74, 6) is -1.32. The lowest BCUT2D eigenvalue weighted by atomic mass is 10.0. The van der Waals surface area contributed by atoms with Crippen molar-refractivity contribution in [1.82, 2.24) is 4.90 Å². The number of aliphatic carboxylic acids is 1. The van der Waals surface area contributed by atoms with Crippen LogP contribution in [-0.4, -0.2) is 60.8 Å². The van der Waals surface area contributed by atoms with Crippen molar-refractivity contribution in [2.75, 3.05) is 32.9 Å². The second-order valence-corrected chi connectivity index (χ2v) is 12.3. The van der Waals surface area contributed by atoms with Crippen molar-refractivity contribution in [2.24, 2.45) is 0 Å². The molecule has 0 radical (unpaired) electrons. The summed E-state index contributed by atoms with van der Waals surface area (Å²) in [4.78, 5) is 37.1. The van der Waals surface area contributed by atoms with Crippen LogP contribution < -0.4 is 0 Å². The number of carbonyl (C=O) groups is 3. The summed E-state index contributed by atoms with van der Waals surface area (Å²) in [5.41, 5.74) is 0. The molecule has 0 aromatic carbocycles. The van der Waals surface area contributed by atoms with Gasteiger partial charge in [0.05, 0.1) is 26.1 Å². The number of hydrogen-bond donors (Lipinski definition) is 1. The molecule has 0 aliphatic carbocycles. The molecule has 7 heteroatoms. The molecule has 0 saturated carbocycles. The third-order valence-electron chi connectivity index (χ3n) is 8.17. The summed E-state index contributed by atoms with van der Waals surface area (Å²) in [6.07, 6.45) is 29.9. The predicted octanol–water partition coefficient (Wildman–Crippen LogP) is 9.64. The Morgan fingerprint density at radius 1 is 0.488 bits per heavy atom. The van der Waals surface area contributed by atoms with Crippen LogP contribution in [0.2, 0.25) is 0 Å². The minimum absolute atomic E-state index is 0.101. The number of amides is 1. The summed E-state index contributed by atoms with van der Waals surface area (Å²) in [6.45, 7) is 6.62. The lowest BCUT2D eigenvalue weighted by Crippen LogP contribution is -2.35. The van der Waals surface area contributed by atoms with Gasteiger partial charge in [0.2, 0.25) is 5.91 Å². The van der Waals surface area contributed by atoms with Gasteiger partial charge in [-0.05, 0) is 12.8 Å². The number of ether oxygens (including phenoxy) is 2. The summed E-state index contributed by atoms with van der Waals surface area (Å²) in [7, 11) is 0. The predicted molar refractivity (Wildman–Crippen MR) is 177 cm³/mol. The van der Waals surface area contributed by atoms with Gasteiger partial charge in [0.1, 0.15) is 6.61 Å². The normalized spacial score (nSPS) is 11.1. The quantitative estimate of drug-likeness (QED) is 0.0575. The highest BCUT2D eigenvalue weighted by molar-refractivity contribution is 5.76. The molecule has 254 valence electrons. The molecule has 0 heterocycles. The number of esters is 1. The van der Waals surface area contributed by atoms with Gasteiger partial charge in [-0.15, -0.1) is 0 Å². The van der Waals surface area contributed by atoms with Gasteiger partial charge in [-0.2, -0.15) is 0 Å². The van der Waals surface area contributed by atoms with Crippen LogP contribution in [-0.2, 0) is 23.9 Å². The van der Waals surface area contributed by atoms with Crippen LogP contribution in [0.4, 0.5) is 0 Å². The van der Waals surface area contributed by atoms with Gasteiger partial charge in [-0.25, -0.2) is 0 Å². The molecule has 0 spiro atoms. The topological polar surface area (TPSA) is 93.1 Å². The zero-order chi connectivity index (χ0) is 31.6. The minimum Gasteiger partial charge on any atom is -0.481 e. The largest absolute Gasteiger partial charge is 0.481 e. The van der Waals surface area contributed by atoms with Gasteiger partial charge in [-0.3, -0.25) is 14.4 Å². The van der Waals surface area contributed by atoms with Crippen LogP contribution in [0.3, 0.4) is 0 Å². The number of rotatable bonds is 34. The number of nitrogens with zero attached hydrogens (tertiary/aromatic N) is 1. The van der Waals surface area contributed by atoms with E-state index in [4.69, 9.17) is 14.6 Å². The molecule has 7 nitrogen and oxygen atoms in total. The molecule has 0 atom stereocenters. The molecule has 0 bridgehead atoms. The van der Waals surface area contributed by atoms with Gasteiger partial charge in [-0.1, -0.05) is 149 Å². The first-order valence-corrected chi connectivity index (χ1v) is 18.2. The Bertz CT molecular complexity index is 641. The maximum absolute atomic E-state index is 13.0. The highest BCUT2D eigenvalue weighted by atomic mass is 16.6. The molecule has 0 aliphatic heterocycles. The number of carboxylic acid groups (broad SMARTS) is 1. The lowest BCUT2D eigenvalue weighted by Gasteiger charge is -2.23. The fourth-order valence-electron chi connectivity index (χ4n) is 5.38. The standard InChI is InChI=1S/C36H69NO6/c1-3-5-7-9-11-13-15-17-19-21-23-25-29-37(30-31-42-32-33-43-36(41)28-27-35(39)40)34(38)26-24-22-20-18-16-14-12-10-8-6-4-2/h3-33H2,1-2H3,(H,39,40). The molecule has 1 N–H and O–H groups in total. The Hall–Kier alpha value is -1.63. The molecule has 0 fully saturated rings. The first-order chi connectivity index (χ1) is 21.0. The second-order valence-electron chi connectivity index (χ2n) is 12.3. The highest BCUT2D eigenvalue weighted by Gasteiger charge is 2.13. The van der Waals surface area contributed by atoms with Gasteiger partial charge in [0.15, 0.2) is 0 Å². The van der Waals surface area contributed by atoms with Gasteiger partial charge >= 0.3 is 11.9 Å². The number of carboxylic acids is 1. The van der Waals surface area contributed by atoms with Crippen molar-refractivity contribution in [3.63, 3.8) is 0 Å². The van der Waals surface area contributed by atoms with Crippen LogP contribution >= 0.6 is 0 Å². The van der Waals surface area contributed by atoms with E-state index in [1.54, 1.807) is 0 Å². The average molecular weight is 612 g/mol. The first kappa shape index (κ1) is 41.4. The van der Waals surface area contributed by atoms with Crippen LogP contribution in [0.15, 0.2) is 0 Å². The Kier molecular flexibility index (Phi) is 32.0. The van der Waals surface area contributed by atoms with Crippen molar-refractivity contribution in [3.8, 4) is 0 Å². The van der Waals surface area contributed by atoms with Crippen LogP contribution in [0.25, 0.3) is 0 Å². The van der Waals surface area contributed by atoms with Crippen molar-refractivity contribution in [1.29, 1.82) is 0 Å². The summed E-state index contributed by atoms with van der Waals surface area (Å²) < 4.78 is 10.6. The summed E-state index contributed by atoms with van der Waals surface area (Å²) in [5, 5.41) is 8.64. The summed E-state index contributed by atoms with van der Waals surface area (Å²) in [6, 6.07) is 0. The number of hydrogen-bond acceptors (Lipinski definition) is 5. The molecular formula is C36H69NO6. The molecule has 1 amide bonds. The van der Waals surface area contributed by atoms with E-state index in [2.05, 4.69) is 13.8 Å². The van der Waals surface area contributed by atoms with Gasteiger partial charge < -0.3 is 19.5 Å². The maximum atomic E-state index is 13.0. The van der Waals surface area contributed by atoms with Crippen LogP contribution in [0, 0.1) is 0 Å². The van der Waals surface area contributed by atoms with Crippen LogP contribution in [0.1, 0.15) is 181 Å². The molecule has 0 unspecified atom stereocenters. The minimum atomic E-state index is -1.01. The molecule has 0 saturated heterocycles. The molecule has 0 aromatic rings. The first-order valence-electron chi connectivity index (χ1n) is 18.2. The van der Waals surface area contributed by atoms with E-state index in [9.17, 15) is 14.4 Å². The smallest absolute Gasteiger partial charge is 0.306 e. The Balaban J connectivity index is 4.16. The molecule has 0 aromatic heterocycles. The van der Waals surface area contributed by atoms with Gasteiger partial charge in [0, 0.05) is 19.5 Å².